The van der Waals surface area contributed by atoms with Crippen molar-refractivity contribution in [3.8, 4) is 0 Å². The number of rotatable bonds is 6. The number of aromatic nitrogens is 4. The first-order valence-corrected chi connectivity index (χ1v) is 8.92. The summed E-state index contributed by atoms with van der Waals surface area (Å²) < 4.78 is 42.1. The molecule has 26 heavy (non-hydrogen) atoms. The van der Waals surface area contributed by atoms with E-state index in [0.29, 0.717) is 19.5 Å². The first-order chi connectivity index (χ1) is 12.0. The molecule has 10 heteroatoms. The molecule has 0 bridgehead atoms. The van der Waals surface area contributed by atoms with Crippen molar-refractivity contribution in [2.75, 3.05) is 6.54 Å². The molecule has 144 valence electrons. The lowest BCUT2D eigenvalue weighted by Crippen LogP contribution is -2.33. The fraction of sp³-hybridized carbons (Fsp3) is 0.562. The predicted molar refractivity (Wildman–Crippen MR) is 93.7 cm³/mol. The van der Waals surface area contributed by atoms with Crippen molar-refractivity contribution in [1.29, 1.82) is 0 Å². The summed E-state index contributed by atoms with van der Waals surface area (Å²) in [6, 6.07) is 0.110. The third-order valence-electron chi connectivity index (χ3n) is 4.10. The van der Waals surface area contributed by atoms with Gasteiger partial charge >= 0.3 is 6.18 Å². The fourth-order valence-electron chi connectivity index (χ4n) is 2.61. The van der Waals surface area contributed by atoms with Gasteiger partial charge in [0.15, 0.2) is 5.69 Å². The van der Waals surface area contributed by atoms with E-state index in [0.717, 1.165) is 26.6 Å². The first-order valence-electron chi connectivity index (χ1n) is 8.13. The van der Waals surface area contributed by atoms with Gasteiger partial charge in [0, 0.05) is 24.5 Å². The van der Waals surface area contributed by atoms with Crippen LogP contribution < -0.4 is 5.32 Å². The van der Waals surface area contributed by atoms with Crippen LogP contribution in [0, 0.1) is 20.8 Å². The van der Waals surface area contributed by atoms with Gasteiger partial charge < -0.3 is 5.32 Å². The maximum absolute atomic E-state index is 12.7. The normalized spacial score (nSPS) is 13.1. The van der Waals surface area contributed by atoms with Crippen molar-refractivity contribution in [3.63, 3.8) is 0 Å². The Kier molecular flexibility index (Phi) is 6.15. The molecule has 1 unspecified atom stereocenters. The molecular weight excluding hydrogens is 415 g/mol. The van der Waals surface area contributed by atoms with Crippen LogP contribution in [-0.2, 0) is 17.5 Å². The number of carbonyl (C=O) groups excluding carboxylic acids is 1. The van der Waals surface area contributed by atoms with E-state index in [-0.39, 0.29) is 11.6 Å². The quantitative estimate of drug-likeness (QED) is 0.705. The minimum atomic E-state index is -4.53. The summed E-state index contributed by atoms with van der Waals surface area (Å²) in [5, 5.41) is 10.6. The van der Waals surface area contributed by atoms with Crippen LogP contribution in [0.3, 0.4) is 0 Å². The van der Waals surface area contributed by atoms with E-state index in [1.807, 2.05) is 18.5 Å². The van der Waals surface area contributed by atoms with Crippen molar-refractivity contribution in [3.05, 3.63) is 33.3 Å². The Morgan fingerprint density at radius 3 is 2.46 bits per heavy atom. The summed E-state index contributed by atoms with van der Waals surface area (Å²) in [6.07, 6.45) is -3.88. The number of hydrogen-bond donors (Lipinski definition) is 1. The van der Waals surface area contributed by atoms with E-state index in [4.69, 9.17) is 0 Å². The lowest BCUT2D eigenvalue weighted by molar-refractivity contribution is -0.142. The highest BCUT2D eigenvalue weighted by Gasteiger charge is 2.35. The number of hydrogen-bond acceptors (Lipinski definition) is 3. The van der Waals surface area contributed by atoms with Gasteiger partial charge in [0.2, 0.25) is 5.91 Å². The third kappa shape index (κ3) is 4.46. The number of nitrogens with zero attached hydrogens (tertiary/aromatic N) is 4. The predicted octanol–water partition coefficient (Wildman–Crippen LogP) is 3.55. The summed E-state index contributed by atoms with van der Waals surface area (Å²) in [6.45, 7) is 7.89. The minimum Gasteiger partial charge on any atom is -0.354 e. The molecule has 0 aliphatic carbocycles. The van der Waals surface area contributed by atoms with Crippen molar-refractivity contribution in [2.24, 2.45) is 0 Å². The summed E-state index contributed by atoms with van der Waals surface area (Å²) in [7, 11) is 0. The Hall–Kier alpha value is -1.84. The molecule has 0 saturated heterocycles. The van der Waals surface area contributed by atoms with E-state index in [2.05, 4.69) is 31.4 Å². The molecule has 0 aliphatic rings. The number of carbonyl (C=O) groups is 1. The second-order valence-corrected chi connectivity index (χ2v) is 6.93. The summed E-state index contributed by atoms with van der Waals surface area (Å²) in [5.74, 6) is -0.375. The Labute approximate surface area is 157 Å². The monoisotopic (exact) mass is 435 g/mol. The molecule has 0 saturated carbocycles. The van der Waals surface area contributed by atoms with Crippen molar-refractivity contribution >= 4 is 21.8 Å². The van der Waals surface area contributed by atoms with Gasteiger partial charge in [-0.25, -0.2) is 0 Å². The van der Waals surface area contributed by atoms with E-state index in [1.165, 1.54) is 13.8 Å². The Morgan fingerprint density at radius 2 is 1.96 bits per heavy atom. The number of halogens is 4. The van der Waals surface area contributed by atoms with E-state index >= 15 is 0 Å². The Balaban J connectivity index is 1.89. The fourth-order valence-corrected chi connectivity index (χ4v) is 2.89. The highest BCUT2D eigenvalue weighted by Crippen LogP contribution is 2.29. The molecule has 0 aromatic carbocycles. The molecule has 1 amide bonds. The highest BCUT2D eigenvalue weighted by molar-refractivity contribution is 9.10. The lowest BCUT2D eigenvalue weighted by atomic mass is 10.3. The molecule has 1 atom stereocenters. The van der Waals surface area contributed by atoms with Gasteiger partial charge in [-0.15, -0.1) is 0 Å². The zero-order valence-electron chi connectivity index (χ0n) is 15.0. The minimum absolute atomic E-state index is 0.285. The zero-order chi connectivity index (χ0) is 19.6. The molecular formula is C16H21BrF3N5O. The molecule has 6 nitrogen and oxygen atoms in total. The highest BCUT2D eigenvalue weighted by atomic mass is 79.9. The van der Waals surface area contributed by atoms with Crippen molar-refractivity contribution < 1.29 is 18.0 Å². The van der Waals surface area contributed by atoms with Crippen LogP contribution in [0.25, 0.3) is 0 Å². The molecule has 2 heterocycles. The Morgan fingerprint density at radius 1 is 1.31 bits per heavy atom. The molecule has 0 fully saturated rings. The van der Waals surface area contributed by atoms with Crippen LogP contribution in [0.1, 0.15) is 42.2 Å². The molecule has 2 aromatic rings. The van der Waals surface area contributed by atoms with E-state index in [9.17, 15) is 18.0 Å². The topological polar surface area (TPSA) is 64.7 Å². The molecule has 1 N–H and O–H groups in total. The van der Waals surface area contributed by atoms with Crippen LogP contribution in [0.15, 0.2) is 10.5 Å². The summed E-state index contributed by atoms with van der Waals surface area (Å²) in [4.78, 5) is 12.2. The van der Waals surface area contributed by atoms with E-state index < -0.39 is 17.9 Å². The van der Waals surface area contributed by atoms with Gasteiger partial charge in [-0.2, -0.15) is 23.4 Å². The van der Waals surface area contributed by atoms with Gasteiger partial charge in [-0.05, 0) is 56.1 Å². The summed E-state index contributed by atoms with van der Waals surface area (Å²) >= 11 is 3.46. The van der Waals surface area contributed by atoms with Gasteiger partial charge in [0.05, 0.1) is 10.2 Å². The van der Waals surface area contributed by atoms with Crippen LogP contribution in [0.4, 0.5) is 13.2 Å². The van der Waals surface area contributed by atoms with Gasteiger partial charge in [0.1, 0.15) is 6.04 Å². The van der Waals surface area contributed by atoms with Gasteiger partial charge in [0.25, 0.3) is 0 Å². The smallest absolute Gasteiger partial charge is 0.354 e. The molecule has 0 radical (unpaired) electrons. The average molecular weight is 436 g/mol. The second-order valence-electron chi connectivity index (χ2n) is 6.14. The third-order valence-corrected chi connectivity index (χ3v) is 5.25. The maximum atomic E-state index is 12.7. The van der Waals surface area contributed by atoms with Crippen LogP contribution in [0.5, 0.6) is 0 Å². The standard InChI is InChI=1S/C16H21BrF3N5O/c1-9-8-13(16(18,19)20)23-25(9)12(4)15(26)21-6-5-7-24-11(3)14(17)10(2)22-24/h8,12H,5-7H2,1-4H3,(H,21,26). The number of amides is 1. The number of nitrogens with one attached hydrogen (secondary N) is 1. The molecule has 0 spiro atoms. The van der Waals surface area contributed by atoms with Gasteiger partial charge in [-0.1, -0.05) is 0 Å². The molecule has 2 rings (SSSR count). The second kappa shape index (κ2) is 7.81. The van der Waals surface area contributed by atoms with Crippen LogP contribution >= 0.6 is 15.9 Å². The SMILES string of the molecule is Cc1nn(CCCNC(=O)C(C)n2nc(C(F)(F)F)cc2C)c(C)c1Br. The van der Waals surface area contributed by atoms with E-state index in [1.54, 1.807) is 0 Å². The maximum Gasteiger partial charge on any atom is 0.435 e. The number of alkyl halides is 3. The largest absolute Gasteiger partial charge is 0.435 e. The van der Waals surface area contributed by atoms with Gasteiger partial charge in [-0.3, -0.25) is 14.2 Å². The zero-order valence-corrected chi connectivity index (χ0v) is 16.6. The molecule has 0 aliphatic heterocycles. The first kappa shape index (κ1) is 20.5. The average Bonchev–Trinajstić information content (AvgIpc) is 3.06. The Bertz CT molecular complexity index is 797. The lowest BCUT2D eigenvalue weighted by Gasteiger charge is -2.14. The summed E-state index contributed by atoms with van der Waals surface area (Å²) in [5.41, 5.74) is 1.20. The van der Waals surface area contributed by atoms with Crippen molar-refractivity contribution in [1.82, 2.24) is 24.9 Å². The van der Waals surface area contributed by atoms with Crippen LogP contribution in [0.2, 0.25) is 0 Å². The van der Waals surface area contributed by atoms with Crippen LogP contribution in [-0.4, -0.2) is 32.0 Å². The van der Waals surface area contributed by atoms with Crippen molar-refractivity contribution in [2.45, 2.75) is 52.9 Å². The number of aryl methyl sites for hydroxylation is 3. The molecule has 2 aromatic heterocycles.